The predicted octanol–water partition coefficient (Wildman–Crippen LogP) is 2.68. The van der Waals surface area contributed by atoms with Crippen LogP contribution in [0.5, 0.6) is 0 Å². The average Bonchev–Trinajstić information content (AvgIpc) is 2.36. The monoisotopic (exact) mass is 167 g/mol. The summed E-state index contributed by atoms with van der Waals surface area (Å²) in [4.78, 5) is 2.52. The summed E-state index contributed by atoms with van der Waals surface area (Å²) in [5.74, 6) is 0. The second kappa shape index (κ2) is 4.08. The van der Waals surface area contributed by atoms with Crippen molar-refractivity contribution in [3.8, 4) is 0 Å². The topological polar surface area (TPSA) is 3.24 Å². The Hall–Kier alpha value is -0.300. The standard InChI is InChI=1S/C11H21N/c1-11(2,3)7-6-10-12-8-4-5-9-12/h6-7H,4-5,8-10H2,1-3H3/b7-6-. The maximum absolute atomic E-state index is 2.52. The van der Waals surface area contributed by atoms with Gasteiger partial charge >= 0.3 is 0 Å². The highest BCUT2D eigenvalue weighted by molar-refractivity contribution is 4.94. The first-order chi connectivity index (χ1) is 5.58. The van der Waals surface area contributed by atoms with E-state index < -0.39 is 0 Å². The molecule has 1 nitrogen and oxygen atoms in total. The third-order valence-electron chi connectivity index (χ3n) is 2.18. The van der Waals surface area contributed by atoms with Gasteiger partial charge in [0.05, 0.1) is 0 Å². The molecule has 0 radical (unpaired) electrons. The van der Waals surface area contributed by atoms with Gasteiger partial charge in [0.25, 0.3) is 0 Å². The van der Waals surface area contributed by atoms with Gasteiger partial charge in [-0.2, -0.15) is 0 Å². The molecule has 1 saturated heterocycles. The summed E-state index contributed by atoms with van der Waals surface area (Å²) in [5, 5.41) is 0. The van der Waals surface area contributed by atoms with Crippen LogP contribution < -0.4 is 0 Å². The van der Waals surface area contributed by atoms with Gasteiger partial charge in [-0.15, -0.1) is 0 Å². The lowest BCUT2D eigenvalue weighted by Crippen LogP contribution is -2.19. The van der Waals surface area contributed by atoms with Crippen LogP contribution in [0.3, 0.4) is 0 Å². The molecule has 0 amide bonds. The maximum atomic E-state index is 2.52. The molecule has 1 aliphatic heterocycles. The molecule has 0 N–H and O–H groups in total. The van der Waals surface area contributed by atoms with Crippen molar-refractivity contribution in [1.29, 1.82) is 0 Å². The van der Waals surface area contributed by atoms with E-state index in [1.165, 1.54) is 25.9 Å². The molecule has 0 aromatic carbocycles. The van der Waals surface area contributed by atoms with Crippen molar-refractivity contribution in [2.24, 2.45) is 5.41 Å². The van der Waals surface area contributed by atoms with Crippen molar-refractivity contribution in [2.45, 2.75) is 33.6 Å². The molecule has 0 spiro atoms. The Morgan fingerprint density at radius 3 is 2.25 bits per heavy atom. The highest BCUT2D eigenvalue weighted by Crippen LogP contribution is 2.15. The minimum Gasteiger partial charge on any atom is -0.300 e. The lowest BCUT2D eigenvalue weighted by Gasteiger charge is -2.14. The Labute approximate surface area is 76.5 Å². The van der Waals surface area contributed by atoms with E-state index >= 15 is 0 Å². The lowest BCUT2D eigenvalue weighted by atomic mass is 9.96. The molecule has 12 heavy (non-hydrogen) atoms. The Morgan fingerprint density at radius 2 is 1.75 bits per heavy atom. The Kier molecular flexibility index (Phi) is 3.33. The Balaban J connectivity index is 2.20. The van der Waals surface area contributed by atoms with Crippen LogP contribution in [0.2, 0.25) is 0 Å². The third kappa shape index (κ3) is 3.91. The quantitative estimate of drug-likeness (QED) is 0.572. The first-order valence-electron chi connectivity index (χ1n) is 4.98. The lowest BCUT2D eigenvalue weighted by molar-refractivity contribution is 0.375. The maximum Gasteiger partial charge on any atom is 0.0163 e. The summed E-state index contributed by atoms with van der Waals surface area (Å²) in [6.45, 7) is 10.5. The van der Waals surface area contributed by atoms with E-state index in [4.69, 9.17) is 0 Å². The largest absolute Gasteiger partial charge is 0.300 e. The van der Waals surface area contributed by atoms with E-state index in [9.17, 15) is 0 Å². The van der Waals surface area contributed by atoms with E-state index in [1.807, 2.05) is 0 Å². The van der Waals surface area contributed by atoms with Crippen LogP contribution >= 0.6 is 0 Å². The number of nitrogens with zero attached hydrogens (tertiary/aromatic N) is 1. The van der Waals surface area contributed by atoms with Crippen molar-refractivity contribution in [2.75, 3.05) is 19.6 Å². The summed E-state index contributed by atoms with van der Waals surface area (Å²) in [5.41, 5.74) is 0.347. The van der Waals surface area contributed by atoms with Crippen LogP contribution in [0.15, 0.2) is 12.2 Å². The molecule has 0 unspecified atom stereocenters. The minimum absolute atomic E-state index is 0.347. The summed E-state index contributed by atoms with van der Waals surface area (Å²) in [6.07, 6.45) is 7.41. The van der Waals surface area contributed by atoms with Gasteiger partial charge in [0, 0.05) is 6.54 Å². The molecule has 70 valence electrons. The van der Waals surface area contributed by atoms with E-state index in [0.29, 0.717) is 5.41 Å². The molecule has 0 aromatic heterocycles. The van der Waals surface area contributed by atoms with Crippen LogP contribution in [0.25, 0.3) is 0 Å². The van der Waals surface area contributed by atoms with E-state index in [1.54, 1.807) is 0 Å². The highest BCUT2D eigenvalue weighted by atomic mass is 15.1. The van der Waals surface area contributed by atoms with E-state index in [2.05, 4.69) is 37.8 Å². The second-order valence-corrected chi connectivity index (χ2v) is 4.78. The molecule has 1 fully saturated rings. The molecule has 0 atom stereocenters. The van der Waals surface area contributed by atoms with Crippen molar-refractivity contribution in [3.63, 3.8) is 0 Å². The number of allylic oxidation sites excluding steroid dienone is 1. The van der Waals surface area contributed by atoms with Gasteiger partial charge in [0.2, 0.25) is 0 Å². The Morgan fingerprint density at radius 1 is 1.17 bits per heavy atom. The average molecular weight is 167 g/mol. The van der Waals surface area contributed by atoms with Crippen LogP contribution in [0, 0.1) is 5.41 Å². The number of likely N-dealkylation sites (tertiary alicyclic amines) is 1. The van der Waals surface area contributed by atoms with Gasteiger partial charge in [-0.1, -0.05) is 32.9 Å². The summed E-state index contributed by atoms with van der Waals surface area (Å²) in [6, 6.07) is 0. The van der Waals surface area contributed by atoms with Crippen LogP contribution in [-0.4, -0.2) is 24.5 Å². The summed E-state index contributed by atoms with van der Waals surface area (Å²) >= 11 is 0. The van der Waals surface area contributed by atoms with E-state index in [-0.39, 0.29) is 0 Å². The van der Waals surface area contributed by atoms with Crippen molar-refractivity contribution in [3.05, 3.63) is 12.2 Å². The molecule has 0 saturated carbocycles. The van der Waals surface area contributed by atoms with Crippen LogP contribution in [-0.2, 0) is 0 Å². The zero-order chi connectivity index (χ0) is 9.03. The summed E-state index contributed by atoms with van der Waals surface area (Å²) in [7, 11) is 0. The van der Waals surface area contributed by atoms with Gasteiger partial charge < -0.3 is 0 Å². The molecular formula is C11H21N. The van der Waals surface area contributed by atoms with Crippen LogP contribution in [0.1, 0.15) is 33.6 Å². The zero-order valence-electron chi connectivity index (χ0n) is 8.64. The second-order valence-electron chi connectivity index (χ2n) is 4.78. The molecule has 1 aliphatic rings. The Bertz CT molecular complexity index is 147. The normalized spacial score (nSPS) is 20.9. The molecule has 1 heterocycles. The van der Waals surface area contributed by atoms with E-state index in [0.717, 1.165) is 6.54 Å². The third-order valence-corrected chi connectivity index (χ3v) is 2.18. The van der Waals surface area contributed by atoms with Gasteiger partial charge in [-0.05, 0) is 31.3 Å². The van der Waals surface area contributed by atoms with Crippen molar-refractivity contribution >= 4 is 0 Å². The molecule has 1 heteroatoms. The molecule has 0 aromatic rings. The number of hydrogen-bond donors (Lipinski definition) is 0. The molecular weight excluding hydrogens is 146 g/mol. The van der Waals surface area contributed by atoms with Gasteiger partial charge in [0.15, 0.2) is 0 Å². The minimum atomic E-state index is 0.347. The summed E-state index contributed by atoms with van der Waals surface area (Å²) < 4.78 is 0. The van der Waals surface area contributed by atoms with Gasteiger partial charge in [-0.25, -0.2) is 0 Å². The van der Waals surface area contributed by atoms with Gasteiger partial charge in [-0.3, -0.25) is 4.90 Å². The van der Waals surface area contributed by atoms with Crippen LogP contribution in [0.4, 0.5) is 0 Å². The van der Waals surface area contributed by atoms with Crippen molar-refractivity contribution in [1.82, 2.24) is 4.90 Å². The molecule has 0 aliphatic carbocycles. The fourth-order valence-corrected chi connectivity index (χ4v) is 1.52. The first kappa shape index (κ1) is 9.79. The number of rotatable bonds is 2. The predicted molar refractivity (Wildman–Crippen MR) is 54.3 cm³/mol. The van der Waals surface area contributed by atoms with Gasteiger partial charge in [0.1, 0.15) is 0 Å². The van der Waals surface area contributed by atoms with Crippen molar-refractivity contribution < 1.29 is 0 Å². The fraction of sp³-hybridized carbons (Fsp3) is 0.818. The first-order valence-corrected chi connectivity index (χ1v) is 4.98. The zero-order valence-corrected chi connectivity index (χ0v) is 8.64. The smallest absolute Gasteiger partial charge is 0.0163 e. The fourth-order valence-electron chi connectivity index (χ4n) is 1.52. The molecule has 1 rings (SSSR count). The highest BCUT2D eigenvalue weighted by Gasteiger charge is 2.09. The molecule has 0 bridgehead atoms. The number of hydrogen-bond acceptors (Lipinski definition) is 1. The SMILES string of the molecule is CC(C)(C)/C=C\CN1CCCC1.